The van der Waals surface area contributed by atoms with E-state index >= 15 is 0 Å². The molecule has 0 bridgehead atoms. The van der Waals surface area contributed by atoms with Gasteiger partial charge in [0, 0.05) is 43.9 Å². The second kappa shape index (κ2) is 13.7. The predicted molar refractivity (Wildman–Crippen MR) is 244 cm³/mol. The van der Waals surface area contributed by atoms with E-state index in [4.69, 9.17) is 0 Å². The maximum Gasteiger partial charge on any atom is 0.249 e. The minimum atomic E-state index is 0.0532. The average molecular weight is 741 g/mol. The molecule has 7 aromatic carbocycles. The first-order valence-electron chi connectivity index (χ1n) is 20.3. The minimum Gasteiger partial charge on any atom is -0.311 e. The van der Waals surface area contributed by atoms with Gasteiger partial charge in [-0.2, -0.15) is 0 Å². The Morgan fingerprint density at radius 2 is 0.893 bits per heavy atom. The highest BCUT2D eigenvalue weighted by atomic mass is 32.2. The molecular formula is C51H46B2N2S. The summed E-state index contributed by atoms with van der Waals surface area (Å²) in [5.41, 5.74) is 20.1. The SMILES string of the molecule is CC(C)c1cc(C(C)C)c(B2c3ccccc3N(c3ccccc3)c3cc4c(cc32)B2c3ccccc3Sc3cccc(c32)N4c2ccccc2)c(C(C)C)c1. The first-order valence-corrected chi connectivity index (χ1v) is 21.2. The molecular weight excluding hydrogens is 694 g/mol. The fraction of sp³-hybridized carbons (Fsp3) is 0.176. The molecule has 0 unspecified atom stereocenters. The Bertz CT molecular complexity index is 2610. The van der Waals surface area contributed by atoms with Crippen molar-refractivity contribution in [3.8, 4) is 0 Å². The van der Waals surface area contributed by atoms with E-state index in [1.165, 1.54) is 93.4 Å². The summed E-state index contributed by atoms with van der Waals surface area (Å²) in [6.07, 6.45) is 0. The van der Waals surface area contributed by atoms with Crippen LogP contribution in [0, 0.1) is 0 Å². The van der Waals surface area contributed by atoms with Crippen molar-refractivity contribution in [2.24, 2.45) is 0 Å². The molecule has 0 fully saturated rings. The van der Waals surface area contributed by atoms with Crippen molar-refractivity contribution in [1.29, 1.82) is 0 Å². The number of benzene rings is 7. The zero-order chi connectivity index (χ0) is 38.2. The van der Waals surface area contributed by atoms with E-state index in [2.05, 4.69) is 203 Å². The quantitative estimate of drug-likeness (QED) is 0.157. The van der Waals surface area contributed by atoms with Crippen LogP contribution in [0.4, 0.5) is 34.1 Å². The van der Waals surface area contributed by atoms with Gasteiger partial charge >= 0.3 is 0 Å². The molecule has 0 aromatic heterocycles. The predicted octanol–water partition coefficient (Wildman–Crippen LogP) is 10.1. The number of hydrogen-bond acceptors (Lipinski definition) is 3. The molecule has 5 heteroatoms. The summed E-state index contributed by atoms with van der Waals surface area (Å²) in [6, 6.07) is 57.5. The molecule has 7 aromatic rings. The van der Waals surface area contributed by atoms with Crippen molar-refractivity contribution in [2.75, 3.05) is 9.80 Å². The lowest BCUT2D eigenvalue weighted by molar-refractivity contribution is 0.812. The Balaban J connectivity index is 1.35. The Hall–Kier alpha value is -5.38. The molecule has 0 radical (unpaired) electrons. The lowest BCUT2D eigenvalue weighted by Crippen LogP contribution is -2.63. The molecule has 0 spiro atoms. The summed E-state index contributed by atoms with van der Waals surface area (Å²) >= 11 is 1.92. The smallest absolute Gasteiger partial charge is 0.249 e. The zero-order valence-corrected chi connectivity index (χ0v) is 33.9. The van der Waals surface area contributed by atoms with Crippen LogP contribution in [-0.4, -0.2) is 13.4 Å². The molecule has 56 heavy (non-hydrogen) atoms. The van der Waals surface area contributed by atoms with E-state index in [0.717, 1.165) is 0 Å². The molecule has 0 aliphatic carbocycles. The van der Waals surface area contributed by atoms with Crippen molar-refractivity contribution >= 4 is 92.1 Å². The lowest BCUT2D eigenvalue weighted by Gasteiger charge is -2.44. The highest BCUT2D eigenvalue weighted by molar-refractivity contribution is 8.00. The second-order valence-electron chi connectivity index (χ2n) is 16.6. The first kappa shape index (κ1) is 35.1. The Kier molecular flexibility index (Phi) is 8.56. The lowest BCUT2D eigenvalue weighted by atomic mass is 9.30. The zero-order valence-electron chi connectivity index (χ0n) is 33.1. The number of hydrogen-bond donors (Lipinski definition) is 0. The normalized spacial score (nSPS) is 13.8. The third-order valence-electron chi connectivity index (χ3n) is 12.3. The van der Waals surface area contributed by atoms with Crippen molar-refractivity contribution < 1.29 is 0 Å². The van der Waals surface area contributed by atoms with Gasteiger partial charge in [0.05, 0.1) is 0 Å². The van der Waals surface area contributed by atoms with Crippen LogP contribution >= 0.6 is 11.8 Å². The van der Waals surface area contributed by atoms with Gasteiger partial charge in [-0.15, -0.1) is 0 Å². The maximum atomic E-state index is 2.64. The van der Waals surface area contributed by atoms with Gasteiger partial charge in [0.2, 0.25) is 13.4 Å². The van der Waals surface area contributed by atoms with Crippen LogP contribution in [0.3, 0.4) is 0 Å². The van der Waals surface area contributed by atoms with Crippen molar-refractivity contribution in [3.63, 3.8) is 0 Å². The second-order valence-corrected chi connectivity index (χ2v) is 17.7. The van der Waals surface area contributed by atoms with Crippen LogP contribution in [0.1, 0.15) is 76.0 Å². The summed E-state index contributed by atoms with van der Waals surface area (Å²) in [5, 5.41) is 0. The topological polar surface area (TPSA) is 6.48 Å². The van der Waals surface area contributed by atoms with Gasteiger partial charge in [0.25, 0.3) is 0 Å². The average Bonchev–Trinajstić information content (AvgIpc) is 3.22. The third kappa shape index (κ3) is 5.42. The molecule has 0 amide bonds. The van der Waals surface area contributed by atoms with E-state index in [0.29, 0.717) is 17.8 Å². The first-order chi connectivity index (χ1) is 27.3. The molecule has 3 aliphatic rings. The van der Waals surface area contributed by atoms with Crippen LogP contribution in [0.5, 0.6) is 0 Å². The third-order valence-corrected chi connectivity index (χ3v) is 13.5. The highest BCUT2D eigenvalue weighted by Crippen LogP contribution is 2.45. The molecule has 3 heterocycles. The van der Waals surface area contributed by atoms with E-state index in [1.54, 1.807) is 0 Å². The highest BCUT2D eigenvalue weighted by Gasteiger charge is 2.45. The van der Waals surface area contributed by atoms with Crippen LogP contribution in [0.2, 0.25) is 0 Å². The Morgan fingerprint density at radius 1 is 0.393 bits per heavy atom. The fourth-order valence-corrected chi connectivity index (χ4v) is 10.9. The number of nitrogens with zero attached hydrogens (tertiary/aromatic N) is 2. The number of rotatable bonds is 6. The van der Waals surface area contributed by atoms with Crippen LogP contribution in [0.15, 0.2) is 161 Å². The minimum absolute atomic E-state index is 0.0532. The summed E-state index contributed by atoms with van der Waals surface area (Å²) in [4.78, 5) is 7.76. The molecule has 0 N–H and O–H groups in total. The molecule has 0 saturated carbocycles. The summed E-state index contributed by atoms with van der Waals surface area (Å²) in [6.45, 7) is 14.4. The van der Waals surface area contributed by atoms with Crippen molar-refractivity contribution in [2.45, 2.75) is 69.1 Å². The number of fused-ring (bicyclic) bond motifs is 6. The van der Waals surface area contributed by atoms with Gasteiger partial charge in [0.1, 0.15) is 0 Å². The van der Waals surface area contributed by atoms with Gasteiger partial charge in [-0.05, 0) is 111 Å². The maximum absolute atomic E-state index is 2.64. The molecule has 2 nitrogen and oxygen atoms in total. The molecule has 272 valence electrons. The van der Waals surface area contributed by atoms with Crippen LogP contribution in [0.25, 0.3) is 0 Å². The summed E-state index contributed by atoms with van der Waals surface area (Å²) < 4.78 is 0. The Morgan fingerprint density at radius 3 is 1.50 bits per heavy atom. The van der Waals surface area contributed by atoms with Crippen LogP contribution in [-0.2, 0) is 0 Å². The summed E-state index contributed by atoms with van der Waals surface area (Å²) in [5.74, 6) is 1.19. The van der Waals surface area contributed by atoms with Crippen LogP contribution < -0.4 is 42.6 Å². The summed E-state index contributed by atoms with van der Waals surface area (Å²) in [7, 11) is 0. The van der Waals surface area contributed by atoms with Crippen molar-refractivity contribution in [3.05, 3.63) is 168 Å². The monoisotopic (exact) mass is 740 g/mol. The van der Waals surface area contributed by atoms with Gasteiger partial charge in [-0.25, -0.2) is 0 Å². The molecule has 3 aliphatic heterocycles. The van der Waals surface area contributed by atoms with Crippen molar-refractivity contribution in [1.82, 2.24) is 0 Å². The van der Waals surface area contributed by atoms with E-state index < -0.39 is 0 Å². The van der Waals surface area contributed by atoms with E-state index in [1.807, 2.05) is 11.8 Å². The van der Waals surface area contributed by atoms with Gasteiger partial charge in [-0.3, -0.25) is 0 Å². The van der Waals surface area contributed by atoms with E-state index in [-0.39, 0.29) is 13.4 Å². The largest absolute Gasteiger partial charge is 0.311 e. The van der Waals surface area contributed by atoms with Gasteiger partial charge in [-0.1, -0.05) is 161 Å². The number of anilines is 6. The molecule has 0 saturated heterocycles. The standard InChI is InChI=1S/C51H46B2N2S/c1-32(2)35-28-38(33(3)4)50(39(29-35)34(5)6)52-40-22-13-15-24-44(40)54(36-18-9-7-10-19-36)46-31-47-43(30-42(46)52)53-41-23-14-16-26-48(41)56-49-27-17-25-45(51(49)53)55(47)37-20-11-8-12-21-37/h7-34H,1-6H3. The number of para-hydroxylation sites is 3. The molecule has 10 rings (SSSR count). The van der Waals surface area contributed by atoms with Gasteiger partial charge in [0.15, 0.2) is 0 Å². The Labute approximate surface area is 337 Å². The van der Waals surface area contributed by atoms with E-state index in [9.17, 15) is 0 Å². The van der Waals surface area contributed by atoms with Gasteiger partial charge < -0.3 is 9.80 Å². The fourth-order valence-electron chi connectivity index (χ4n) is 9.71. The molecule has 0 atom stereocenters.